The van der Waals surface area contributed by atoms with Crippen molar-refractivity contribution in [1.82, 2.24) is 5.32 Å². The van der Waals surface area contributed by atoms with Crippen LogP contribution < -0.4 is 5.32 Å². The number of hydrogen-bond acceptors (Lipinski definition) is 2. The number of benzene rings is 2. The van der Waals surface area contributed by atoms with E-state index in [9.17, 15) is 14.7 Å². The van der Waals surface area contributed by atoms with Crippen LogP contribution in [0.3, 0.4) is 0 Å². The van der Waals surface area contributed by atoms with E-state index in [1.165, 1.54) is 0 Å². The second-order valence-corrected chi connectivity index (χ2v) is 5.06. The van der Waals surface area contributed by atoms with E-state index in [0.717, 1.165) is 17.5 Å². The number of rotatable bonds is 6. The van der Waals surface area contributed by atoms with Crippen LogP contribution in [0.1, 0.15) is 28.4 Å². The lowest BCUT2D eigenvalue weighted by molar-refractivity contribution is -0.139. The van der Waals surface area contributed by atoms with Crippen LogP contribution in [0.25, 0.3) is 0 Å². The molecule has 0 aliphatic heterocycles. The Morgan fingerprint density at radius 2 is 1.68 bits per heavy atom. The first kappa shape index (κ1) is 15.8. The van der Waals surface area contributed by atoms with Gasteiger partial charge in [0, 0.05) is 12.0 Å². The van der Waals surface area contributed by atoms with Gasteiger partial charge in [-0.2, -0.15) is 0 Å². The van der Waals surface area contributed by atoms with E-state index in [1.54, 1.807) is 12.1 Å². The maximum Gasteiger partial charge on any atom is 0.326 e. The molecule has 0 heterocycles. The van der Waals surface area contributed by atoms with Crippen LogP contribution in [-0.2, 0) is 17.6 Å². The SMILES string of the molecule is CCc1ccccc1C(=O)N[C@@H](Cc1ccccc1)C(=O)O. The molecule has 1 atom stereocenters. The maximum absolute atomic E-state index is 12.4. The van der Waals surface area contributed by atoms with E-state index >= 15 is 0 Å². The fourth-order valence-corrected chi connectivity index (χ4v) is 2.34. The van der Waals surface area contributed by atoms with Gasteiger partial charge < -0.3 is 10.4 Å². The van der Waals surface area contributed by atoms with E-state index in [4.69, 9.17) is 0 Å². The largest absolute Gasteiger partial charge is 0.480 e. The summed E-state index contributed by atoms with van der Waals surface area (Å²) in [7, 11) is 0. The quantitative estimate of drug-likeness (QED) is 0.861. The van der Waals surface area contributed by atoms with Gasteiger partial charge in [0.2, 0.25) is 0 Å². The number of hydrogen-bond donors (Lipinski definition) is 2. The van der Waals surface area contributed by atoms with Crippen molar-refractivity contribution in [2.24, 2.45) is 0 Å². The average molecular weight is 297 g/mol. The van der Waals surface area contributed by atoms with Crippen molar-refractivity contribution < 1.29 is 14.7 Å². The van der Waals surface area contributed by atoms with Crippen molar-refractivity contribution in [3.05, 3.63) is 71.3 Å². The highest BCUT2D eigenvalue weighted by Gasteiger charge is 2.21. The molecule has 0 saturated heterocycles. The smallest absolute Gasteiger partial charge is 0.326 e. The van der Waals surface area contributed by atoms with Crippen molar-refractivity contribution in [2.45, 2.75) is 25.8 Å². The summed E-state index contributed by atoms with van der Waals surface area (Å²) >= 11 is 0. The summed E-state index contributed by atoms with van der Waals surface area (Å²) in [6.07, 6.45) is 0.982. The average Bonchev–Trinajstić information content (AvgIpc) is 2.55. The summed E-state index contributed by atoms with van der Waals surface area (Å²) in [6.45, 7) is 1.96. The molecule has 22 heavy (non-hydrogen) atoms. The minimum absolute atomic E-state index is 0.260. The van der Waals surface area contributed by atoms with Gasteiger partial charge in [0.25, 0.3) is 5.91 Å². The standard InChI is InChI=1S/C18H19NO3/c1-2-14-10-6-7-11-15(14)17(20)19-16(18(21)22)12-13-8-4-3-5-9-13/h3-11,16H,2,12H2,1H3,(H,19,20)(H,21,22)/t16-/m0/s1. The normalized spacial score (nSPS) is 11.7. The van der Waals surface area contributed by atoms with Crippen LogP contribution in [-0.4, -0.2) is 23.0 Å². The Labute approximate surface area is 129 Å². The van der Waals surface area contributed by atoms with Gasteiger partial charge in [0.15, 0.2) is 0 Å². The zero-order chi connectivity index (χ0) is 15.9. The lowest BCUT2D eigenvalue weighted by Crippen LogP contribution is -2.42. The summed E-state index contributed by atoms with van der Waals surface area (Å²) in [5.74, 6) is -1.38. The zero-order valence-corrected chi connectivity index (χ0v) is 12.5. The Kier molecular flexibility index (Phi) is 5.31. The third-order valence-electron chi connectivity index (χ3n) is 3.53. The van der Waals surface area contributed by atoms with E-state index in [1.807, 2.05) is 49.4 Å². The molecule has 0 saturated carbocycles. The Hall–Kier alpha value is -2.62. The van der Waals surface area contributed by atoms with E-state index in [-0.39, 0.29) is 12.3 Å². The highest BCUT2D eigenvalue weighted by Crippen LogP contribution is 2.11. The second kappa shape index (κ2) is 7.41. The number of aliphatic carboxylic acids is 1. The highest BCUT2D eigenvalue weighted by molar-refractivity contribution is 5.97. The number of amides is 1. The van der Waals surface area contributed by atoms with Crippen molar-refractivity contribution in [3.8, 4) is 0 Å². The van der Waals surface area contributed by atoms with Gasteiger partial charge in [-0.15, -0.1) is 0 Å². The Morgan fingerprint density at radius 1 is 1.05 bits per heavy atom. The zero-order valence-electron chi connectivity index (χ0n) is 12.5. The second-order valence-electron chi connectivity index (χ2n) is 5.06. The third kappa shape index (κ3) is 3.95. The lowest BCUT2D eigenvalue weighted by Gasteiger charge is -2.16. The van der Waals surface area contributed by atoms with Gasteiger partial charge in [-0.1, -0.05) is 55.5 Å². The summed E-state index contributed by atoms with van der Waals surface area (Å²) < 4.78 is 0. The molecule has 114 valence electrons. The maximum atomic E-state index is 12.4. The Morgan fingerprint density at radius 3 is 2.32 bits per heavy atom. The van der Waals surface area contributed by atoms with Gasteiger partial charge in [-0.05, 0) is 23.6 Å². The van der Waals surface area contributed by atoms with Gasteiger partial charge in [0.05, 0.1) is 0 Å². The Balaban J connectivity index is 2.14. The van der Waals surface area contributed by atoms with Crippen LogP contribution in [0.4, 0.5) is 0 Å². The predicted molar refractivity (Wildman–Crippen MR) is 84.9 cm³/mol. The van der Waals surface area contributed by atoms with E-state index in [2.05, 4.69) is 5.32 Å². The van der Waals surface area contributed by atoms with Gasteiger partial charge in [0.1, 0.15) is 6.04 Å². The van der Waals surface area contributed by atoms with Gasteiger partial charge in [-0.3, -0.25) is 4.79 Å². The number of carboxylic acid groups (broad SMARTS) is 1. The summed E-state index contributed by atoms with van der Waals surface area (Å²) in [4.78, 5) is 23.8. The topological polar surface area (TPSA) is 66.4 Å². The number of aryl methyl sites for hydroxylation is 1. The molecule has 0 unspecified atom stereocenters. The molecule has 0 radical (unpaired) electrons. The van der Waals surface area contributed by atoms with Crippen LogP contribution >= 0.6 is 0 Å². The summed E-state index contributed by atoms with van der Waals surface area (Å²) in [5, 5.41) is 12.0. The van der Waals surface area contributed by atoms with Crippen molar-refractivity contribution in [2.75, 3.05) is 0 Å². The number of carboxylic acids is 1. The number of nitrogens with one attached hydrogen (secondary N) is 1. The fraction of sp³-hybridized carbons (Fsp3) is 0.222. The Bertz CT molecular complexity index is 652. The van der Waals surface area contributed by atoms with Gasteiger partial charge >= 0.3 is 5.97 Å². The first-order chi connectivity index (χ1) is 10.6. The third-order valence-corrected chi connectivity index (χ3v) is 3.53. The molecule has 0 spiro atoms. The van der Waals surface area contributed by atoms with Crippen LogP contribution in [0.5, 0.6) is 0 Å². The molecule has 4 heteroatoms. The molecule has 2 N–H and O–H groups in total. The molecule has 0 aliphatic rings. The molecular formula is C18H19NO3. The summed E-state index contributed by atoms with van der Waals surface area (Å²) in [6, 6.07) is 15.6. The highest BCUT2D eigenvalue weighted by atomic mass is 16.4. The van der Waals surface area contributed by atoms with E-state index < -0.39 is 12.0 Å². The fourth-order valence-electron chi connectivity index (χ4n) is 2.34. The summed E-state index contributed by atoms with van der Waals surface area (Å²) in [5.41, 5.74) is 2.31. The molecule has 2 aromatic carbocycles. The molecule has 0 aliphatic carbocycles. The molecular weight excluding hydrogens is 278 g/mol. The molecule has 1 amide bonds. The molecule has 0 bridgehead atoms. The first-order valence-corrected chi connectivity index (χ1v) is 7.27. The molecule has 2 rings (SSSR count). The first-order valence-electron chi connectivity index (χ1n) is 7.27. The van der Waals surface area contributed by atoms with Gasteiger partial charge in [-0.25, -0.2) is 4.79 Å². The molecule has 0 aromatic heterocycles. The number of carbonyl (C=O) groups excluding carboxylic acids is 1. The van der Waals surface area contributed by atoms with Crippen molar-refractivity contribution in [3.63, 3.8) is 0 Å². The van der Waals surface area contributed by atoms with Crippen LogP contribution in [0.2, 0.25) is 0 Å². The minimum atomic E-state index is -1.04. The van der Waals surface area contributed by atoms with E-state index in [0.29, 0.717) is 5.56 Å². The minimum Gasteiger partial charge on any atom is -0.480 e. The van der Waals surface area contributed by atoms with Crippen molar-refractivity contribution >= 4 is 11.9 Å². The number of carbonyl (C=O) groups is 2. The molecule has 4 nitrogen and oxygen atoms in total. The lowest BCUT2D eigenvalue weighted by atomic mass is 10.0. The van der Waals surface area contributed by atoms with Crippen LogP contribution in [0.15, 0.2) is 54.6 Å². The molecule has 2 aromatic rings. The van der Waals surface area contributed by atoms with Crippen molar-refractivity contribution in [1.29, 1.82) is 0 Å². The van der Waals surface area contributed by atoms with Crippen LogP contribution in [0, 0.1) is 0 Å². The molecule has 0 fully saturated rings. The predicted octanol–water partition coefficient (Wildman–Crippen LogP) is 2.67. The monoisotopic (exact) mass is 297 g/mol.